The Labute approximate surface area is 71.2 Å². The first kappa shape index (κ1) is 9.03. The average Bonchev–Trinajstić information content (AvgIpc) is 2.47. The van der Waals surface area contributed by atoms with Crippen molar-refractivity contribution < 1.29 is 14.7 Å². The Morgan fingerprint density at radius 3 is 2.75 bits per heavy atom. The standard InChI is InChI=1S/C8H13NO3/c1-2-8(7(11)12)4-3-5-9(8)6-10/h6H,2-5H2,1H3,(H,11,12). The van der Waals surface area contributed by atoms with Crippen molar-refractivity contribution in [1.29, 1.82) is 0 Å². The number of likely N-dealkylation sites (tertiary alicyclic amines) is 1. The third kappa shape index (κ3) is 1.07. The van der Waals surface area contributed by atoms with Gasteiger partial charge in [-0.15, -0.1) is 0 Å². The lowest BCUT2D eigenvalue weighted by Crippen LogP contribution is -2.49. The molecule has 1 rings (SSSR count). The molecule has 0 saturated carbocycles. The first-order valence-electron chi connectivity index (χ1n) is 4.13. The molecule has 1 fully saturated rings. The van der Waals surface area contributed by atoms with E-state index in [0.717, 1.165) is 6.42 Å². The van der Waals surface area contributed by atoms with Crippen LogP contribution in [0.25, 0.3) is 0 Å². The minimum absolute atomic E-state index is 0.487. The Morgan fingerprint density at radius 2 is 2.42 bits per heavy atom. The summed E-state index contributed by atoms with van der Waals surface area (Å²) in [4.78, 5) is 22.9. The van der Waals surface area contributed by atoms with Crippen LogP contribution in [-0.2, 0) is 9.59 Å². The van der Waals surface area contributed by atoms with Gasteiger partial charge >= 0.3 is 5.97 Å². The number of amides is 1. The summed E-state index contributed by atoms with van der Waals surface area (Å²) in [6.07, 6.45) is 2.50. The number of hydrogen-bond acceptors (Lipinski definition) is 2. The molecule has 0 aromatic rings. The van der Waals surface area contributed by atoms with Gasteiger partial charge in [0, 0.05) is 6.54 Å². The number of carboxylic acid groups (broad SMARTS) is 1. The van der Waals surface area contributed by atoms with Gasteiger partial charge in [0.25, 0.3) is 0 Å². The zero-order valence-corrected chi connectivity index (χ0v) is 7.12. The second-order valence-corrected chi connectivity index (χ2v) is 3.09. The van der Waals surface area contributed by atoms with E-state index in [0.29, 0.717) is 25.8 Å². The van der Waals surface area contributed by atoms with Crippen LogP contribution in [0.15, 0.2) is 0 Å². The highest BCUT2D eigenvalue weighted by atomic mass is 16.4. The Hall–Kier alpha value is -1.06. The molecular formula is C8H13NO3. The van der Waals surface area contributed by atoms with Crippen LogP contribution in [0.3, 0.4) is 0 Å². The molecule has 0 aliphatic carbocycles. The quantitative estimate of drug-likeness (QED) is 0.628. The third-order valence-electron chi connectivity index (χ3n) is 2.65. The number of carboxylic acids is 1. The molecule has 1 aliphatic rings. The molecule has 1 unspecified atom stereocenters. The molecule has 1 heterocycles. The fraction of sp³-hybridized carbons (Fsp3) is 0.750. The van der Waals surface area contributed by atoms with Crippen LogP contribution in [0.1, 0.15) is 26.2 Å². The van der Waals surface area contributed by atoms with Gasteiger partial charge in [-0.1, -0.05) is 6.92 Å². The van der Waals surface area contributed by atoms with Crippen molar-refractivity contribution in [3.8, 4) is 0 Å². The molecule has 0 aromatic heterocycles. The number of aliphatic carboxylic acids is 1. The number of nitrogens with zero attached hydrogens (tertiary/aromatic N) is 1. The fourth-order valence-corrected chi connectivity index (χ4v) is 1.81. The number of hydrogen-bond donors (Lipinski definition) is 1. The summed E-state index contributed by atoms with van der Waals surface area (Å²) < 4.78 is 0. The number of carbonyl (C=O) groups excluding carboxylic acids is 1. The van der Waals surface area contributed by atoms with Crippen LogP contribution in [0, 0.1) is 0 Å². The summed E-state index contributed by atoms with van der Waals surface area (Å²) in [5.41, 5.74) is -0.915. The lowest BCUT2D eigenvalue weighted by molar-refractivity contribution is -0.153. The largest absolute Gasteiger partial charge is 0.479 e. The maximum absolute atomic E-state index is 10.9. The van der Waals surface area contributed by atoms with Crippen LogP contribution < -0.4 is 0 Å². The van der Waals surface area contributed by atoms with Gasteiger partial charge in [0.05, 0.1) is 0 Å². The monoisotopic (exact) mass is 171 g/mol. The van der Waals surface area contributed by atoms with E-state index < -0.39 is 11.5 Å². The second-order valence-electron chi connectivity index (χ2n) is 3.09. The van der Waals surface area contributed by atoms with Crippen molar-refractivity contribution >= 4 is 12.4 Å². The van der Waals surface area contributed by atoms with Gasteiger partial charge in [0.2, 0.25) is 6.41 Å². The van der Waals surface area contributed by atoms with Crippen molar-refractivity contribution in [2.24, 2.45) is 0 Å². The molecule has 1 saturated heterocycles. The highest BCUT2D eigenvalue weighted by Crippen LogP contribution is 2.31. The maximum atomic E-state index is 10.9. The number of rotatable bonds is 3. The molecule has 0 bridgehead atoms. The average molecular weight is 171 g/mol. The zero-order valence-electron chi connectivity index (χ0n) is 7.12. The molecule has 0 radical (unpaired) electrons. The van der Waals surface area contributed by atoms with Crippen LogP contribution in [0.4, 0.5) is 0 Å². The normalized spacial score (nSPS) is 28.9. The van der Waals surface area contributed by atoms with E-state index in [1.54, 1.807) is 6.92 Å². The van der Waals surface area contributed by atoms with Crippen molar-refractivity contribution in [3.63, 3.8) is 0 Å². The van der Waals surface area contributed by atoms with E-state index in [4.69, 9.17) is 5.11 Å². The molecule has 4 nitrogen and oxygen atoms in total. The summed E-state index contributed by atoms with van der Waals surface area (Å²) in [6, 6.07) is 0. The van der Waals surface area contributed by atoms with Gasteiger partial charge in [-0.25, -0.2) is 4.79 Å². The van der Waals surface area contributed by atoms with Crippen molar-refractivity contribution in [3.05, 3.63) is 0 Å². The third-order valence-corrected chi connectivity index (χ3v) is 2.65. The fourth-order valence-electron chi connectivity index (χ4n) is 1.81. The van der Waals surface area contributed by atoms with E-state index >= 15 is 0 Å². The highest BCUT2D eigenvalue weighted by molar-refractivity contribution is 5.82. The van der Waals surface area contributed by atoms with Crippen molar-refractivity contribution in [2.45, 2.75) is 31.7 Å². The molecule has 12 heavy (non-hydrogen) atoms. The van der Waals surface area contributed by atoms with Gasteiger partial charge in [-0.05, 0) is 19.3 Å². The van der Waals surface area contributed by atoms with Gasteiger partial charge in [0.1, 0.15) is 5.54 Å². The van der Waals surface area contributed by atoms with Crippen LogP contribution in [0.5, 0.6) is 0 Å². The van der Waals surface area contributed by atoms with Gasteiger partial charge in [-0.2, -0.15) is 0 Å². The Kier molecular flexibility index (Phi) is 2.35. The van der Waals surface area contributed by atoms with E-state index in [2.05, 4.69) is 0 Å². The molecule has 0 aromatic carbocycles. The SMILES string of the molecule is CCC1(C(=O)O)CCCN1C=O. The molecule has 1 atom stereocenters. The first-order valence-corrected chi connectivity index (χ1v) is 4.13. The van der Waals surface area contributed by atoms with Crippen LogP contribution >= 0.6 is 0 Å². The van der Waals surface area contributed by atoms with Crippen molar-refractivity contribution in [1.82, 2.24) is 4.90 Å². The Balaban J connectivity index is 2.90. The molecule has 0 spiro atoms. The molecule has 4 heteroatoms. The lowest BCUT2D eigenvalue weighted by atomic mass is 9.93. The predicted molar refractivity (Wildman–Crippen MR) is 42.7 cm³/mol. The summed E-state index contributed by atoms with van der Waals surface area (Å²) in [6.45, 7) is 2.37. The predicted octanol–water partition coefficient (Wildman–Crippen LogP) is 0.472. The van der Waals surface area contributed by atoms with E-state index in [1.807, 2.05) is 0 Å². The smallest absolute Gasteiger partial charge is 0.329 e. The maximum Gasteiger partial charge on any atom is 0.329 e. The number of carbonyl (C=O) groups is 2. The minimum Gasteiger partial charge on any atom is -0.479 e. The van der Waals surface area contributed by atoms with E-state index in [-0.39, 0.29) is 0 Å². The van der Waals surface area contributed by atoms with Gasteiger partial charge in [-0.3, -0.25) is 4.79 Å². The van der Waals surface area contributed by atoms with Gasteiger partial charge < -0.3 is 10.0 Å². The second kappa shape index (κ2) is 3.13. The molecule has 68 valence electrons. The highest BCUT2D eigenvalue weighted by Gasteiger charge is 2.45. The Morgan fingerprint density at radius 1 is 1.75 bits per heavy atom. The van der Waals surface area contributed by atoms with E-state index in [9.17, 15) is 9.59 Å². The lowest BCUT2D eigenvalue weighted by Gasteiger charge is -2.30. The topological polar surface area (TPSA) is 57.6 Å². The minimum atomic E-state index is -0.915. The first-order chi connectivity index (χ1) is 5.67. The summed E-state index contributed by atoms with van der Waals surface area (Å²) in [7, 11) is 0. The molecule has 1 N–H and O–H groups in total. The Bertz CT molecular complexity index is 204. The van der Waals surface area contributed by atoms with Crippen molar-refractivity contribution in [2.75, 3.05) is 6.54 Å². The van der Waals surface area contributed by atoms with E-state index in [1.165, 1.54) is 4.90 Å². The molecule has 1 aliphatic heterocycles. The van der Waals surface area contributed by atoms with Gasteiger partial charge in [0.15, 0.2) is 0 Å². The molecular weight excluding hydrogens is 158 g/mol. The van der Waals surface area contributed by atoms with Crippen LogP contribution in [0.2, 0.25) is 0 Å². The zero-order chi connectivity index (χ0) is 9.19. The molecule has 1 amide bonds. The summed E-state index contributed by atoms with van der Waals surface area (Å²) in [5.74, 6) is -0.880. The summed E-state index contributed by atoms with van der Waals surface area (Å²) in [5, 5.41) is 8.96. The van der Waals surface area contributed by atoms with Crippen LogP contribution in [-0.4, -0.2) is 34.5 Å². The summed E-state index contributed by atoms with van der Waals surface area (Å²) >= 11 is 0.